The molecule has 0 spiro atoms. The van der Waals surface area contributed by atoms with Gasteiger partial charge in [0.15, 0.2) is 0 Å². The number of aromatic amines is 1. The van der Waals surface area contributed by atoms with Crippen molar-refractivity contribution in [2.45, 2.75) is 32.7 Å². The summed E-state index contributed by atoms with van der Waals surface area (Å²) in [6.45, 7) is 7.38. The minimum Gasteiger partial charge on any atom is -0.478 e. The second-order valence-electron chi connectivity index (χ2n) is 9.07. The van der Waals surface area contributed by atoms with E-state index in [0.717, 1.165) is 24.1 Å². The van der Waals surface area contributed by atoms with Gasteiger partial charge >= 0.3 is 5.97 Å². The molecule has 3 aromatic carbocycles. The fourth-order valence-corrected chi connectivity index (χ4v) is 4.64. The number of H-pyrrole nitrogens is 1. The zero-order chi connectivity index (χ0) is 27.9. The number of nitrogens with zero attached hydrogens (tertiary/aromatic N) is 2. The fourth-order valence-electron chi connectivity index (χ4n) is 4.47. The van der Waals surface area contributed by atoms with E-state index in [1.54, 1.807) is 42.6 Å². The Hall–Kier alpha value is -4.49. The zero-order valence-electron chi connectivity index (χ0n) is 21.7. The number of carbonyl (C=O) groups excluding carboxylic acids is 1. The number of aliphatic imine (C=N–C) groups is 1. The Labute approximate surface area is 232 Å². The van der Waals surface area contributed by atoms with Gasteiger partial charge in [0, 0.05) is 28.0 Å². The molecule has 1 heterocycles. The number of aromatic carboxylic acids is 1. The third kappa shape index (κ3) is 6.33. The average Bonchev–Trinajstić information content (AvgIpc) is 3.31. The second kappa shape index (κ2) is 12.4. The summed E-state index contributed by atoms with van der Waals surface area (Å²) >= 11 is 6.35. The maximum absolute atomic E-state index is 13.2. The number of amides is 1. The molecule has 1 atom stereocenters. The van der Waals surface area contributed by atoms with Gasteiger partial charge in [0.1, 0.15) is 5.82 Å². The van der Waals surface area contributed by atoms with E-state index in [1.807, 2.05) is 37.3 Å². The molecule has 0 saturated heterocycles. The highest BCUT2D eigenvalue weighted by Crippen LogP contribution is 2.36. The molecule has 198 valence electrons. The third-order valence-electron chi connectivity index (χ3n) is 6.38. The van der Waals surface area contributed by atoms with Crippen molar-refractivity contribution in [1.29, 1.82) is 0 Å². The van der Waals surface area contributed by atoms with Crippen molar-refractivity contribution in [1.82, 2.24) is 15.3 Å². The van der Waals surface area contributed by atoms with Gasteiger partial charge in [0.2, 0.25) is 0 Å². The third-order valence-corrected chi connectivity index (χ3v) is 6.62. The molecule has 3 N–H and O–H groups in total. The first-order valence-electron chi connectivity index (χ1n) is 12.5. The number of carboxylic acid groups (broad SMARTS) is 1. The topological polar surface area (TPSA) is 107 Å². The van der Waals surface area contributed by atoms with Crippen LogP contribution < -0.4 is 5.32 Å². The number of halogens is 1. The Balaban J connectivity index is 1.74. The van der Waals surface area contributed by atoms with Crippen LogP contribution in [0.15, 0.2) is 77.9 Å². The summed E-state index contributed by atoms with van der Waals surface area (Å²) in [6.07, 6.45) is 4.92. The van der Waals surface area contributed by atoms with Crippen LogP contribution in [0.25, 0.3) is 28.6 Å². The summed E-state index contributed by atoms with van der Waals surface area (Å²) in [6, 6.07) is 19.4. The Morgan fingerprint density at radius 2 is 1.85 bits per heavy atom. The fraction of sp³-hybridized carbons (Fsp3) is 0.161. The van der Waals surface area contributed by atoms with Gasteiger partial charge in [0.25, 0.3) is 5.91 Å². The van der Waals surface area contributed by atoms with E-state index in [9.17, 15) is 14.7 Å². The summed E-state index contributed by atoms with van der Waals surface area (Å²) in [5, 5.41) is 13.6. The zero-order valence-corrected chi connectivity index (χ0v) is 22.5. The van der Waals surface area contributed by atoms with E-state index in [2.05, 4.69) is 33.9 Å². The number of hydrogen-bond acceptors (Lipinski definition) is 4. The summed E-state index contributed by atoms with van der Waals surface area (Å²) in [5.74, 6) is -0.951. The molecule has 4 rings (SSSR count). The van der Waals surface area contributed by atoms with Crippen LogP contribution in [0.3, 0.4) is 0 Å². The predicted octanol–water partition coefficient (Wildman–Crippen LogP) is 7.35. The SMILES string of the molecule is C=N/C=C\c1nc(-c2ccc(Cl)cc2-c2ccc(C(=O)N[C@H](CCC)c3ccccc3)cc2C(=O)O)[nH]c1C. The number of nitrogens with one attached hydrogen (secondary N) is 2. The van der Waals surface area contributed by atoms with Crippen LogP contribution in [0.1, 0.15) is 63.5 Å². The molecule has 39 heavy (non-hydrogen) atoms. The maximum atomic E-state index is 13.2. The molecule has 0 radical (unpaired) electrons. The summed E-state index contributed by atoms with van der Waals surface area (Å²) in [5.41, 5.74) is 4.40. The molecule has 7 nitrogen and oxygen atoms in total. The number of carboxylic acids is 1. The normalized spacial score (nSPS) is 11.9. The largest absolute Gasteiger partial charge is 0.478 e. The molecule has 0 bridgehead atoms. The van der Waals surface area contributed by atoms with E-state index in [4.69, 9.17) is 11.6 Å². The number of aromatic nitrogens is 2. The number of carbonyl (C=O) groups is 2. The molecule has 1 amide bonds. The summed E-state index contributed by atoms with van der Waals surface area (Å²) < 4.78 is 0. The molecule has 0 aliphatic heterocycles. The van der Waals surface area contributed by atoms with Crippen LogP contribution in [0.4, 0.5) is 0 Å². The van der Waals surface area contributed by atoms with Gasteiger partial charge in [-0.05, 0) is 73.2 Å². The minimum atomic E-state index is -1.16. The smallest absolute Gasteiger partial charge is 0.336 e. The summed E-state index contributed by atoms with van der Waals surface area (Å²) in [4.78, 5) is 37.3. The quantitative estimate of drug-likeness (QED) is 0.183. The van der Waals surface area contributed by atoms with Gasteiger partial charge in [-0.1, -0.05) is 61.3 Å². The predicted molar refractivity (Wildman–Crippen MR) is 156 cm³/mol. The van der Waals surface area contributed by atoms with Crippen molar-refractivity contribution in [3.05, 3.63) is 106 Å². The first-order chi connectivity index (χ1) is 18.8. The number of hydrogen-bond donors (Lipinski definition) is 3. The number of benzene rings is 3. The number of rotatable bonds is 10. The average molecular weight is 541 g/mol. The van der Waals surface area contributed by atoms with Crippen LogP contribution in [0.2, 0.25) is 5.02 Å². The van der Waals surface area contributed by atoms with Gasteiger partial charge in [-0.3, -0.25) is 9.79 Å². The Morgan fingerprint density at radius 3 is 2.54 bits per heavy atom. The van der Waals surface area contributed by atoms with Crippen molar-refractivity contribution in [2.75, 3.05) is 0 Å². The molecule has 0 unspecified atom stereocenters. The van der Waals surface area contributed by atoms with Crippen LogP contribution in [0.5, 0.6) is 0 Å². The van der Waals surface area contributed by atoms with Gasteiger partial charge in [-0.25, -0.2) is 9.78 Å². The van der Waals surface area contributed by atoms with Gasteiger partial charge in [-0.2, -0.15) is 0 Å². The van der Waals surface area contributed by atoms with Crippen molar-refractivity contribution in [3.63, 3.8) is 0 Å². The second-order valence-corrected chi connectivity index (χ2v) is 9.51. The molecule has 0 fully saturated rings. The van der Waals surface area contributed by atoms with E-state index in [0.29, 0.717) is 33.2 Å². The van der Waals surface area contributed by atoms with Crippen molar-refractivity contribution >= 4 is 36.3 Å². The molecule has 8 heteroatoms. The molecule has 0 saturated carbocycles. The van der Waals surface area contributed by atoms with Crippen molar-refractivity contribution < 1.29 is 14.7 Å². The van der Waals surface area contributed by atoms with E-state index in [1.165, 1.54) is 6.07 Å². The Kier molecular flexibility index (Phi) is 8.74. The van der Waals surface area contributed by atoms with E-state index in [-0.39, 0.29) is 23.1 Å². The van der Waals surface area contributed by atoms with Crippen LogP contribution >= 0.6 is 11.6 Å². The lowest BCUT2D eigenvalue weighted by molar-refractivity contribution is 0.0697. The molecule has 4 aromatic rings. The van der Waals surface area contributed by atoms with Crippen LogP contribution in [0, 0.1) is 6.92 Å². The molecule has 1 aromatic heterocycles. The molecule has 0 aliphatic carbocycles. The standard InChI is InChI=1S/C31H29ClN4O3/c1-4-8-28(20-9-6-5-7-10-20)36-30(37)21-11-13-23(26(17-21)31(38)39)25-18-22(32)12-14-24(25)29-34-19(2)27(35-29)15-16-33-3/h5-7,9-18,28H,3-4,8H2,1-2H3,(H,34,35)(H,36,37)(H,38,39)/b16-15-/t28-/m1/s1. The number of aryl methyl sites for hydroxylation is 1. The number of imidazole rings is 1. The first kappa shape index (κ1) is 27.5. The molecule has 0 aliphatic rings. The monoisotopic (exact) mass is 540 g/mol. The molecular formula is C31H29ClN4O3. The van der Waals surface area contributed by atoms with Crippen molar-refractivity contribution in [3.8, 4) is 22.5 Å². The molecular weight excluding hydrogens is 512 g/mol. The minimum absolute atomic E-state index is 0.0165. The highest BCUT2D eigenvalue weighted by atomic mass is 35.5. The lowest BCUT2D eigenvalue weighted by Crippen LogP contribution is -2.28. The Bertz CT molecular complexity index is 1540. The first-order valence-corrected chi connectivity index (χ1v) is 12.9. The van der Waals surface area contributed by atoms with E-state index < -0.39 is 5.97 Å². The Morgan fingerprint density at radius 1 is 1.10 bits per heavy atom. The lowest BCUT2D eigenvalue weighted by atomic mass is 9.93. The lowest BCUT2D eigenvalue weighted by Gasteiger charge is -2.19. The van der Waals surface area contributed by atoms with Crippen LogP contribution in [-0.4, -0.2) is 33.7 Å². The van der Waals surface area contributed by atoms with Gasteiger partial charge in [0.05, 0.1) is 17.3 Å². The van der Waals surface area contributed by atoms with Crippen molar-refractivity contribution in [2.24, 2.45) is 4.99 Å². The van der Waals surface area contributed by atoms with E-state index >= 15 is 0 Å². The highest BCUT2D eigenvalue weighted by molar-refractivity contribution is 6.31. The highest BCUT2D eigenvalue weighted by Gasteiger charge is 2.21. The maximum Gasteiger partial charge on any atom is 0.336 e. The van der Waals surface area contributed by atoms with Gasteiger partial charge < -0.3 is 15.4 Å². The summed E-state index contributed by atoms with van der Waals surface area (Å²) in [7, 11) is 0. The van der Waals surface area contributed by atoms with Crippen LogP contribution in [-0.2, 0) is 0 Å². The van der Waals surface area contributed by atoms with Gasteiger partial charge in [-0.15, -0.1) is 0 Å².